The Kier molecular flexibility index (Phi) is 1.42. The Morgan fingerprint density at radius 3 is 2.40 bits per heavy atom. The molecule has 0 aromatic carbocycles. The van der Waals surface area contributed by atoms with Crippen LogP contribution >= 0.6 is 0 Å². The van der Waals surface area contributed by atoms with Crippen LogP contribution in [0.25, 0.3) is 0 Å². The van der Waals surface area contributed by atoms with E-state index in [1.165, 1.54) is 12.8 Å². The van der Waals surface area contributed by atoms with Crippen molar-refractivity contribution in [2.75, 3.05) is 13.1 Å². The van der Waals surface area contributed by atoms with Crippen LogP contribution in [0.1, 0.15) is 12.8 Å². The van der Waals surface area contributed by atoms with Gasteiger partial charge >= 0.3 is 0 Å². The third kappa shape index (κ3) is 0.926. The monoisotopic (exact) mass is 139 g/mol. The van der Waals surface area contributed by atoms with Crippen LogP contribution in [-0.4, -0.2) is 30.2 Å². The average Bonchev–Trinajstić information content (AvgIpc) is 2.30. The molecular weight excluding hydrogens is 126 g/mol. The van der Waals surface area contributed by atoms with Gasteiger partial charge in [0.25, 0.3) is 0 Å². The Bertz CT molecular complexity index is 134. The Morgan fingerprint density at radius 1 is 1.30 bits per heavy atom. The van der Waals surface area contributed by atoms with Crippen LogP contribution in [0, 0.1) is 0 Å². The first-order chi connectivity index (χ1) is 4.88. The van der Waals surface area contributed by atoms with Crippen molar-refractivity contribution in [1.29, 1.82) is 0 Å². The van der Waals surface area contributed by atoms with E-state index < -0.39 is 0 Å². The van der Waals surface area contributed by atoms with Gasteiger partial charge in [-0.05, 0) is 19.0 Å². The van der Waals surface area contributed by atoms with Crippen molar-refractivity contribution in [3.05, 3.63) is 12.8 Å². The Labute approximate surface area is 61.5 Å². The molecule has 2 aliphatic heterocycles. The van der Waals surface area contributed by atoms with Gasteiger partial charge in [0.15, 0.2) is 0 Å². The van der Waals surface area contributed by atoms with Crippen LogP contribution in [0.5, 0.6) is 0 Å². The maximum Gasteiger partial charge on any atom is 0.0755 e. The lowest BCUT2D eigenvalue weighted by Gasteiger charge is -2.30. The number of morpholine rings is 1. The molecule has 0 aromatic rings. The third-order valence-corrected chi connectivity index (χ3v) is 2.33. The van der Waals surface area contributed by atoms with Crippen LogP contribution in [0.2, 0.25) is 0 Å². The minimum atomic E-state index is 0.497. The predicted molar refractivity (Wildman–Crippen MR) is 39.7 cm³/mol. The zero-order valence-corrected chi connectivity index (χ0v) is 6.12. The lowest BCUT2D eigenvalue weighted by Crippen LogP contribution is -2.39. The molecule has 0 saturated carbocycles. The molecule has 2 unspecified atom stereocenters. The number of nitrogens with zero attached hydrogens (tertiary/aromatic N) is 1. The fourth-order valence-corrected chi connectivity index (χ4v) is 1.80. The van der Waals surface area contributed by atoms with Crippen molar-refractivity contribution in [3.63, 3.8) is 0 Å². The zero-order valence-electron chi connectivity index (χ0n) is 6.12. The topological polar surface area (TPSA) is 12.5 Å². The number of ether oxygens (including phenoxy) is 1. The standard InChI is InChI=1S/C8H13NO/c1-2-9-5-7-3-4-8(6-9)10-7/h2,7-8H,1,3-6H2. The summed E-state index contributed by atoms with van der Waals surface area (Å²) in [5.74, 6) is 0. The summed E-state index contributed by atoms with van der Waals surface area (Å²) in [7, 11) is 0. The maximum atomic E-state index is 5.64. The van der Waals surface area contributed by atoms with Crippen LogP contribution in [0.3, 0.4) is 0 Å². The van der Waals surface area contributed by atoms with E-state index in [0.717, 1.165) is 13.1 Å². The highest BCUT2D eigenvalue weighted by molar-refractivity contribution is 4.88. The number of fused-ring (bicyclic) bond motifs is 2. The Hall–Kier alpha value is -0.500. The number of rotatable bonds is 1. The van der Waals surface area contributed by atoms with Gasteiger partial charge in [0.1, 0.15) is 0 Å². The van der Waals surface area contributed by atoms with E-state index in [1.54, 1.807) is 0 Å². The molecule has 0 amide bonds. The quantitative estimate of drug-likeness (QED) is 0.537. The normalized spacial score (nSPS) is 38.2. The minimum Gasteiger partial charge on any atom is -0.373 e. The molecule has 2 nitrogen and oxygen atoms in total. The van der Waals surface area contributed by atoms with Gasteiger partial charge in [0.05, 0.1) is 12.2 Å². The molecule has 0 aliphatic carbocycles. The van der Waals surface area contributed by atoms with Crippen LogP contribution in [0.4, 0.5) is 0 Å². The van der Waals surface area contributed by atoms with E-state index in [-0.39, 0.29) is 0 Å². The molecule has 2 heteroatoms. The van der Waals surface area contributed by atoms with E-state index in [1.807, 2.05) is 6.20 Å². The van der Waals surface area contributed by atoms with Crippen molar-refractivity contribution >= 4 is 0 Å². The molecular formula is C8H13NO. The van der Waals surface area contributed by atoms with Gasteiger partial charge in [-0.2, -0.15) is 0 Å². The smallest absolute Gasteiger partial charge is 0.0755 e. The van der Waals surface area contributed by atoms with Gasteiger partial charge < -0.3 is 9.64 Å². The second-order valence-electron chi connectivity index (χ2n) is 3.09. The van der Waals surface area contributed by atoms with Gasteiger partial charge in [-0.15, -0.1) is 0 Å². The lowest BCUT2D eigenvalue weighted by atomic mass is 10.2. The third-order valence-electron chi connectivity index (χ3n) is 2.33. The van der Waals surface area contributed by atoms with Gasteiger partial charge in [0, 0.05) is 13.1 Å². The molecule has 2 fully saturated rings. The van der Waals surface area contributed by atoms with E-state index in [9.17, 15) is 0 Å². The summed E-state index contributed by atoms with van der Waals surface area (Å²) in [4.78, 5) is 2.26. The van der Waals surface area contributed by atoms with E-state index >= 15 is 0 Å². The summed E-state index contributed by atoms with van der Waals surface area (Å²) in [5.41, 5.74) is 0. The summed E-state index contributed by atoms with van der Waals surface area (Å²) in [5, 5.41) is 0. The summed E-state index contributed by atoms with van der Waals surface area (Å²) in [6.07, 6.45) is 5.41. The molecule has 2 saturated heterocycles. The predicted octanol–water partition coefficient (Wildman–Crippen LogP) is 0.993. The van der Waals surface area contributed by atoms with Crippen LogP contribution in [-0.2, 0) is 4.74 Å². The molecule has 0 aromatic heterocycles. The zero-order chi connectivity index (χ0) is 6.97. The van der Waals surface area contributed by atoms with Crippen molar-refractivity contribution < 1.29 is 4.74 Å². The lowest BCUT2D eigenvalue weighted by molar-refractivity contribution is -0.0223. The minimum absolute atomic E-state index is 0.497. The molecule has 0 N–H and O–H groups in total. The van der Waals surface area contributed by atoms with Crippen molar-refractivity contribution in [2.24, 2.45) is 0 Å². The molecule has 56 valence electrons. The first kappa shape index (κ1) is 6.23. The van der Waals surface area contributed by atoms with Gasteiger partial charge in [-0.1, -0.05) is 6.58 Å². The average molecular weight is 139 g/mol. The highest BCUT2D eigenvalue weighted by Gasteiger charge is 2.31. The molecule has 2 aliphatic rings. The number of hydrogen-bond donors (Lipinski definition) is 0. The number of hydrogen-bond acceptors (Lipinski definition) is 2. The highest BCUT2D eigenvalue weighted by Crippen LogP contribution is 2.25. The molecule has 2 heterocycles. The summed E-state index contributed by atoms with van der Waals surface area (Å²) >= 11 is 0. The van der Waals surface area contributed by atoms with E-state index in [4.69, 9.17) is 4.74 Å². The molecule has 2 atom stereocenters. The van der Waals surface area contributed by atoms with Crippen molar-refractivity contribution in [1.82, 2.24) is 4.90 Å². The van der Waals surface area contributed by atoms with E-state index in [2.05, 4.69) is 11.5 Å². The molecule has 2 rings (SSSR count). The van der Waals surface area contributed by atoms with Gasteiger partial charge in [0.2, 0.25) is 0 Å². The van der Waals surface area contributed by atoms with Gasteiger partial charge in [-0.25, -0.2) is 0 Å². The van der Waals surface area contributed by atoms with Crippen LogP contribution < -0.4 is 0 Å². The number of likely N-dealkylation sites (tertiary alicyclic amines) is 1. The SMILES string of the molecule is C=CN1CC2CCC(C1)O2. The molecule has 0 radical (unpaired) electrons. The second-order valence-corrected chi connectivity index (χ2v) is 3.09. The molecule has 10 heavy (non-hydrogen) atoms. The summed E-state index contributed by atoms with van der Waals surface area (Å²) < 4.78 is 5.64. The van der Waals surface area contributed by atoms with Crippen molar-refractivity contribution in [2.45, 2.75) is 25.0 Å². The fourth-order valence-electron chi connectivity index (χ4n) is 1.80. The second kappa shape index (κ2) is 2.27. The Balaban J connectivity index is 2.02. The van der Waals surface area contributed by atoms with E-state index in [0.29, 0.717) is 12.2 Å². The maximum absolute atomic E-state index is 5.64. The van der Waals surface area contributed by atoms with Crippen molar-refractivity contribution in [3.8, 4) is 0 Å². The van der Waals surface area contributed by atoms with Gasteiger partial charge in [-0.3, -0.25) is 0 Å². The summed E-state index contributed by atoms with van der Waals surface area (Å²) in [6.45, 7) is 5.86. The highest BCUT2D eigenvalue weighted by atomic mass is 16.5. The Morgan fingerprint density at radius 2 is 1.90 bits per heavy atom. The van der Waals surface area contributed by atoms with Crippen LogP contribution in [0.15, 0.2) is 12.8 Å². The first-order valence-electron chi connectivity index (χ1n) is 3.90. The molecule has 2 bridgehead atoms. The summed E-state index contributed by atoms with van der Waals surface area (Å²) in [6, 6.07) is 0. The molecule has 0 spiro atoms. The fraction of sp³-hybridized carbons (Fsp3) is 0.750. The largest absolute Gasteiger partial charge is 0.373 e. The first-order valence-corrected chi connectivity index (χ1v) is 3.90.